The van der Waals surface area contributed by atoms with Gasteiger partial charge in [-0.25, -0.2) is 0 Å². The Bertz CT molecular complexity index is 436. The van der Waals surface area contributed by atoms with E-state index in [2.05, 4.69) is 45.9 Å². The Morgan fingerprint density at radius 2 is 1.42 bits per heavy atom. The maximum Gasteiger partial charge on any atom is 2.00 e. The van der Waals surface area contributed by atoms with Gasteiger partial charge in [-0.1, -0.05) is 45.9 Å². The summed E-state index contributed by atoms with van der Waals surface area (Å²) < 4.78 is 0. The van der Waals surface area contributed by atoms with Gasteiger partial charge in [0, 0.05) is 12.1 Å². The average Bonchev–Trinajstić information content (AvgIpc) is 2.28. The first-order valence-corrected chi connectivity index (χ1v) is 6.59. The molecule has 0 aliphatic rings. The summed E-state index contributed by atoms with van der Waals surface area (Å²) in [6, 6.07) is 6.41. The fourth-order valence-corrected chi connectivity index (χ4v) is 2.22. The van der Waals surface area contributed by atoms with Crippen molar-refractivity contribution in [3.8, 4) is 0 Å². The summed E-state index contributed by atoms with van der Waals surface area (Å²) in [5, 5.41) is 15.5. The molecule has 0 unspecified atom stereocenters. The van der Waals surface area contributed by atoms with Crippen LogP contribution in [0.2, 0.25) is 0 Å². The van der Waals surface area contributed by atoms with Gasteiger partial charge < -0.3 is 10.8 Å². The van der Waals surface area contributed by atoms with Crippen LogP contribution in [-0.4, -0.2) is 11.4 Å². The summed E-state index contributed by atoms with van der Waals surface area (Å²) in [6.45, 7) is 10.4. The van der Waals surface area contributed by atoms with Gasteiger partial charge >= 0.3 is 16.5 Å². The van der Waals surface area contributed by atoms with Crippen LogP contribution in [0.3, 0.4) is 0 Å². The molecule has 2 nitrogen and oxygen atoms in total. The monoisotopic (exact) mass is 302 g/mol. The summed E-state index contributed by atoms with van der Waals surface area (Å²) in [4.78, 5) is 0. The Kier molecular flexibility index (Phi) is 7.22. The Balaban J connectivity index is 0.00000324. The molecular formula is C16H24N2Ni+2. The molecule has 0 heterocycles. The maximum atomic E-state index is 7.93. The van der Waals surface area contributed by atoms with Crippen LogP contribution in [0.15, 0.2) is 18.2 Å². The molecule has 0 atom stereocenters. The molecule has 0 bridgehead atoms. The minimum absolute atomic E-state index is 0. The zero-order chi connectivity index (χ0) is 13.9. The van der Waals surface area contributed by atoms with Gasteiger partial charge in [0.2, 0.25) is 0 Å². The molecule has 19 heavy (non-hydrogen) atoms. The summed E-state index contributed by atoms with van der Waals surface area (Å²) in [7, 11) is 0. The van der Waals surface area contributed by atoms with Gasteiger partial charge in [0.25, 0.3) is 0 Å². The van der Waals surface area contributed by atoms with Crippen molar-refractivity contribution in [1.29, 1.82) is 10.8 Å². The van der Waals surface area contributed by atoms with Crippen LogP contribution in [0.25, 0.3) is 0 Å². The zero-order valence-corrected chi connectivity index (χ0v) is 13.4. The van der Waals surface area contributed by atoms with Crippen LogP contribution in [0.4, 0.5) is 0 Å². The first kappa shape index (κ1) is 18.1. The van der Waals surface area contributed by atoms with Gasteiger partial charge in [-0.2, -0.15) is 0 Å². The smallest absolute Gasteiger partial charge is 0.304 e. The van der Waals surface area contributed by atoms with E-state index < -0.39 is 0 Å². The van der Waals surface area contributed by atoms with Crippen molar-refractivity contribution in [2.24, 2.45) is 0 Å². The molecular weight excluding hydrogens is 279 g/mol. The van der Waals surface area contributed by atoms with Gasteiger partial charge in [-0.3, -0.25) is 0 Å². The van der Waals surface area contributed by atoms with Gasteiger partial charge in [0.05, 0.1) is 5.71 Å². The van der Waals surface area contributed by atoms with Crippen LogP contribution in [0.1, 0.15) is 63.1 Å². The summed E-state index contributed by atoms with van der Waals surface area (Å²) in [5.74, 6) is 0.912. The van der Waals surface area contributed by atoms with Gasteiger partial charge in [-0.15, -0.1) is 0 Å². The van der Waals surface area contributed by atoms with Gasteiger partial charge in [0.1, 0.15) is 0 Å². The largest absolute Gasteiger partial charge is 2.00 e. The average molecular weight is 303 g/mol. The second kappa shape index (κ2) is 7.60. The topological polar surface area (TPSA) is 47.7 Å². The number of hydrogen-bond donors (Lipinski definition) is 2. The van der Waals surface area contributed by atoms with Crippen molar-refractivity contribution < 1.29 is 16.5 Å². The molecule has 1 aromatic carbocycles. The van der Waals surface area contributed by atoms with Crippen molar-refractivity contribution in [3.63, 3.8) is 0 Å². The molecule has 1 aromatic rings. The maximum absolute atomic E-state index is 7.93. The quantitative estimate of drug-likeness (QED) is 0.593. The normalized spacial score (nSPS) is 10.5. The van der Waals surface area contributed by atoms with E-state index in [4.69, 9.17) is 10.8 Å². The van der Waals surface area contributed by atoms with Gasteiger partial charge in [-0.05, 0) is 35.4 Å². The molecule has 0 saturated heterocycles. The molecule has 0 aromatic heterocycles. The Morgan fingerprint density at radius 1 is 1.00 bits per heavy atom. The van der Waals surface area contributed by atoms with E-state index in [9.17, 15) is 0 Å². The Morgan fingerprint density at radius 3 is 1.74 bits per heavy atom. The van der Waals surface area contributed by atoms with E-state index in [1.165, 1.54) is 16.7 Å². The Labute approximate surface area is 126 Å². The molecule has 106 valence electrons. The number of nitrogens with one attached hydrogen (secondary N) is 2. The van der Waals surface area contributed by atoms with Crippen molar-refractivity contribution in [2.75, 3.05) is 0 Å². The second-order valence-corrected chi connectivity index (χ2v) is 5.50. The molecule has 0 spiro atoms. The van der Waals surface area contributed by atoms with E-state index >= 15 is 0 Å². The van der Waals surface area contributed by atoms with E-state index in [0.29, 0.717) is 29.7 Å². The van der Waals surface area contributed by atoms with E-state index in [1.807, 2.05) is 0 Å². The van der Waals surface area contributed by atoms with Crippen LogP contribution in [0, 0.1) is 10.8 Å². The number of rotatable bonds is 5. The third-order valence-electron chi connectivity index (χ3n) is 3.30. The summed E-state index contributed by atoms with van der Waals surface area (Å²) >= 11 is 0. The summed E-state index contributed by atoms with van der Waals surface area (Å²) in [5.41, 5.74) is 4.66. The third kappa shape index (κ3) is 4.58. The molecule has 0 saturated carbocycles. The SMILES string of the molecule is CC(=N)C(=N)Cc1c(C(C)C)cccc1C(C)C.[Ni+2]. The van der Waals surface area contributed by atoms with Crippen molar-refractivity contribution >= 4 is 11.4 Å². The minimum atomic E-state index is 0. The van der Waals surface area contributed by atoms with E-state index in [0.717, 1.165) is 0 Å². The van der Waals surface area contributed by atoms with Crippen molar-refractivity contribution in [3.05, 3.63) is 34.9 Å². The van der Waals surface area contributed by atoms with E-state index in [1.54, 1.807) is 6.92 Å². The molecule has 0 radical (unpaired) electrons. The molecule has 0 fully saturated rings. The predicted octanol–water partition coefficient (Wildman–Crippen LogP) is 4.53. The van der Waals surface area contributed by atoms with Gasteiger partial charge in [0.15, 0.2) is 0 Å². The molecule has 0 amide bonds. The predicted molar refractivity (Wildman–Crippen MR) is 79.5 cm³/mol. The second-order valence-electron chi connectivity index (χ2n) is 5.50. The first-order valence-electron chi connectivity index (χ1n) is 6.59. The van der Waals surface area contributed by atoms with Crippen molar-refractivity contribution in [1.82, 2.24) is 0 Å². The standard InChI is InChI=1S/C16H24N2.Ni/c1-10(2)13-7-6-8-14(11(3)4)15(13)9-16(18)12(5)17;/h6-8,10-11,17-18H,9H2,1-5H3;/q;+2. The third-order valence-corrected chi connectivity index (χ3v) is 3.30. The summed E-state index contributed by atoms with van der Waals surface area (Å²) in [6.07, 6.45) is 0.581. The number of hydrogen-bond acceptors (Lipinski definition) is 2. The molecule has 2 N–H and O–H groups in total. The molecule has 0 aliphatic carbocycles. The number of benzene rings is 1. The van der Waals surface area contributed by atoms with Crippen molar-refractivity contribution in [2.45, 2.75) is 52.9 Å². The molecule has 0 aliphatic heterocycles. The van der Waals surface area contributed by atoms with Crippen LogP contribution in [-0.2, 0) is 22.9 Å². The fourth-order valence-electron chi connectivity index (χ4n) is 2.22. The van der Waals surface area contributed by atoms with Crippen LogP contribution < -0.4 is 0 Å². The van der Waals surface area contributed by atoms with E-state index in [-0.39, 0.29) is 16.5 Å². The fraction of sp³-hybridized carbons (Fsp3) is 0.500. The first-order chi connectivity index (χ1) is 8.34. The zero-order valence-electron chi connectivity index (χ0n) is 12.4. The molecule has 3 heteroatoms. The Hall–Kier alpha value is -0.946. The van der Waals surface area contributed by atoms with Crippen LogP contribution >= 0.6 is 0 Å². The van der Waals surface area contributed by atoms with Crippen LogP contribution in [0.5, 0.6) is 0 Å². The molecule has 1 rings (SSSR count). The minimum Gasteiger partial charge on any atom is -0.304 e.